The molecular weight excluding hydrogens is 270 g/mol. The normalized spacial score (nSPS) is 22.1. The summed E-state index contributed by atoms with van der Waals surface area (Å²) in [4.78, 5) is 25.4. The van der Waals surface area contributed by atoms with Gasteiger partial charge >= 0.3 is 5.97 Å². The molecule has 2 aliphatic rings. The molecule has 1 amide bonds. The van der Waals surface area contributed by atoms with Crippen molar-refractivity contribution in [2.45, 2.75) is 25.3 Å². The van der Waals surface area contributed by atoms with Crippen LogP contribution < -0.4 is 0 Å². The fourth-order valence-electron chi connectivity index (χ4n) is 2.89. The molecule has 1 saturated carbocycles. The average Bonchev–Trinajstić information content (AvgIpc) is 3.32. The standard InChI is InChI=1S/C16H19NO4/c18-15(9-11-2-1-3-13(8-11)16(19)20)17-6-7-21-10-14(17)12-4-5-12/h1-3,8,12,14H,4-7,9-10H2,(H,19,20). The number of carbonyl (C=O) groups is 2. The molecule has 1 aromatic rings. The maximum absolute atomic E-state index is 12.5. The lowest BCUT2D eigenvalue weighted by Gasteiger charge is -2.36. The Kier molecular flexibility index (Phi) is 3.92. The van der Waals surface area contributed by atoms with Crippen LogP contribution in [0.15, 0.2) is 24.3 Å². The largest absolute Gasteiger partial charge is 0.478 e. The highest BCUT2D eigenvalue weighted by atomic mass is 16.5. The van der Waals surface area contributed by atoms with Gasteiger partial charge in [-0.3, -0.25) is 4.79 Å². The van der Waals surface area contributed by atoms with Gasteiger partial charge in [-0.05, 0) is 36.5 Å². The molecule has 0 aromatic heterocycles. The van der Waals surface area contributed by atoms with Gasteiger partial charge in [0, 0.05) is 6.54 Å². The van der Waals surface area contributed by atoms with Gasteiger partial charge in [-0.25, -0.2) is 4.79 Å². The molecule has 1 saturated heterocycles. The summed E-state index contributed by atoms with van der Waals surface area (Å²) in [6.07, 6.45) is 2.60. The van der Waals surface area contributed by atoms with Crippen molar-refractivity contribution in [1.29, 1.82) is 0 Å². The molecule has 1 aliphatic heterocycles. The number of benzene rings is 1. The van der Waals surface area contributed by atoms with Crippen molar-refractivity contribution in [3.05, 3.63) is 35.4 Å². The molecular formula is C16H19NO4. The Morgan fingerprint density at radius 3 is 2.86 bits per heavy atom. The number of ether oxygens (including phenoxy) is 1. The van der Waals surface area contributed by atoms with Crippen LogP contribution in [0.2, 0.25) is 0 Å². The van der Waals surface area contributed by atoms with Gasteiger partial charge in [0.15, 0.2) is 0 Å². The van der Waals surface area contributed by atoms with Crippen LogP contribution in [0.1, 0.15) is 28.8 Å². The second kappa shape index (κ2) is 5.85. The number of rotatable bonds is 4. The number of aromatic carboxylic acids is 1. The summed E-state index contributed by atoms with van der Waals surface area (Å²) in [5.74, 6) is -0.316. The Labute approximate surface area is 123 Å². The van der Waals surface area contributed by atoms with Gasteiger partial charge in [0.25, 0.3) is 0 Å². The molecule has 112 valence electrons. The van der Waals surface area contributed by atoms with E-state index in [1.165, 1.54) is 18.9 Å². The fourth-order valence-corrected chi connectivity index (χ4v) is 2.89. The van der Waals surface area contributed by atoms with E-state index in [2.05, 4.69) is 0 Å². The van der Waals surface area contributed by atoms with Gasteiger partial charge in [0.05, 0.1) is 31.2 Å². The second-order valence-corrected chi connectivity index (χ2v) is 5.75. The van der Waals surface area contributed by atoms with Crippen LogP contribution in [0.3, 0.4) is 0 Å². The molecule has 1 heterocycles. The highest BCUT2D eigenvalue weighted by Gasteiger charge is 2.39. The van der Waals surface area contributed by atoms with Crippen LogP contribution in [0, 0.1) is 5.92 Å². The Morgan fingerprint density at radius 2 is 2.14 bits per heavy atom. The van der Waals surface area contributed by atoms with E-state index in [9.17, 15) is 9.59 Å². The third-order valence-corrected chi connectivity index (χ3v) is 4.18. The highest BCUT2D eigenvalue weighted by molar-refractivity contribution is 5.88. The minimum atomic E-state index is -0.966. The van der Waals surface area contributed by atoms with Gasteiger partial charge in [-0.1, -0.05) is 12.1 Å². The highest BCUT2D eigenvalue weighted by Crippen LogP contribution is 2.36. The average molecular weight is 289 g/mol. The SMILES string of the molecule is O=C(O)c1cccc(CC(=O)N2CCOCC2C2CC2)c1. The zero-order valence-electron chi connectivity index (χ0n) is 11.8. The van der Waals surface area contributed by atoms with E-state index in [1.807, 2.05) is 4.90 Å². The maximum Gasteiger partial charge on any atom is 0.335 e. The topological polar surface area (TPSA) is 66.8 Å². The van der Waals surface area contributed by atoms with E-state index in [0.29, 0.717) is 25.7 Å². The minimum Gasteiger partial charge on any atom is -0.478 e. The molecule has 2 fully saturated rings. The number of morpholine rings is 1. The van der Waals surface area contributed by atoms with Gasteiger partial charge in [0.2, 0.25) is 5.91 Å². The minimum absolute atomic E-state index is 0.0674. The summed E-state index contributed by atoms with van der Waals surface area (Å²) in [5, 5.41) is 9.00. The molecule has 0 spiro atoms. The maximum atomic E-state index is 12.5. The molecule has 5 nitrogen and oxygen atoms in total. The first-order valence-corrected chi connectivity index (χ1v) is 7.34. The molecule has 21 heavy (non-hydrogen) atoms. The number of hydrogen-bond donors (Lipinski definition) is 1. The van der Waals surface area contributed by atoms with Crippen LogP contribution >= 0.6 is 0 Å². The predicted octanol–water partition coefficient (Wildman–Crippen LogP) is 1.56. The first-order chi connectivity index (χ1) is 10.1. The van der Waals surface area contributed by atoms with Crippen molar-refractivity contribution in [1.82, 2.24) is 4.90 Å². The van der Waals surface area contributed by atoms with Crippen LogP contribution in [0.5, 0.6) is 0 Å². The summed E-state index contributed by atoms with van der Waals surface area (Å²) in [7, 11) is 0. The smallest absolute Gasteiger partial charge is 0.335 e. The predicted molar refractivity (Wildman–Crippen MR) is 76.1 cm³/mol. The van der Waals surface area contributed by atoms with Crippen molar-refractivity contribution in [3.8, 4) is 0 Å². The molecule has 1 aromatic carbocycles. The van der Waals surface area contributed by atoms with E-state index in [0.717, 1.165) is 5.56 Å². The van der Waals surface area contributed by atoms with Gasteiger partial charge in [0.1, 0.15) is 0 Å². The Bertz CT molecular complexity index is 553. The lowest BCUT2D eigenvalue weighted by atomic mass is 10.1. The lowest BCUT2D eigenvalue weighted by molar-refractivity contribution is -0.140. The number of carboxylic acids is 1. The third-order valence-electron chi connectivity index (χ3n) is 4.18. The van der Waals surface area contributed by atoms with E-state index in [-0.39, 0.29) is 23.9 Å². The molecule has 0 radical (unpaired) electrons. The van der Waals surface area contributed by atoms with Crippen molar-refractivity contribution >= 4 is 11.9 Å². The quantitative estimate of drug-likeness (QED) is 0.913. The number of carboxylic acid groups (broad SMARTS) is 1. The molecule has 1 aliphatic carbocycles. The molecule has 5 heteroatoms. The van der Waals surface area contributed by atoms with Gasteiger partial charge in [-0.15, -0.1) is 0 Å². The van der Waals surface area contributed by atoms with E-state index in [1.54, 1.807) is 18.2 Å². The monoisotopic (exact) mass is 289 g/mol. The van der Waals surface area contributed by atoms with E-state index < -0.39 is 5.97 Å². The summed E-state index contributed by atoms with van der Waals surface area (Å²) in [5.41, 5.74) is 0.974. The Balaban J connectivity index is 1.70. The van der Waals surface area contributed by atoms with Crippen LogP contribution in [0.4, 0.5) is 0 Å². The first-order valence-electron chi connectivity index (χ1n) is 7.34. The molecule has 1 N–H and O–H groups in total. The number of hydrogen-bond acceptors (Lipinski definition) is 3. The molecule has 0 bridgehead atoms. The van der Waals surface area contributed by atoms with Crippen molar-refractivity contribution < 1.29 is 19.4 Å². The van der Waals surface area contributed by atoms with Gasteiger partial charge < -0.3 is 14.7 Å². The molecule has 1 unspecified atom stereocenters. The second-order valence-electron chi connectivity index (χ2n) is 5.75. The summed E-state index contributed by atoms with van der Waals surface area (Å²) in [6, 6.07) is 6.81. The zero-order chi connectivity index (χ0) is 14.8. The molecule has 3 rings (SSSR count). The van der Waals surface area contributed by atoms with Gasteiger partial charge in [-0.2, -0.15) is 0 Å². The first kappa shape index (κ1) is 14.1. The molecule has 1 atom stereocenters. The number of amides is 1. The van der Waals surface area contributed by atoms with Crippen molar-refractivity contribution in [2.75, 3.05) is 19.8 Å². The van der Waals surface area contributed by atoms with Crippen molar-refractivity contribution in [3.63, 3.8) is 0 Å². The summed E-state index contributed by atoms with van der Waals surface area (Å²) >= 11 is 0. The Hall–Kier alpha value is -1.88. The summed E-state index contributed by atoms with van der Waals surface area (Å²) in [6.45, 7) is 1.86. The lowest BCUT2D eigenvalue weighted by Crippen LogP contribution is -2.50. The van der Waals surface area contributed by atoms with E-state index >= 15 is 0 Å². The van der Waals surface area contributed by atoms with E-state index in [4.69, 9.17) is 9.84 Å². The third kappa shape index (κ3) is 3.24. The number of carbonyl (C=O) groups excluding carboxylic acids is 1. The summed E-state index contributed by atoms with van der Waals surface area (Å²) < 4.78 is 5.49. The van der Waals surface area contributed by atoms with Crippen molar-refractivity contribution in [2.24, 2.45) is 5.92 Å². The Morgan fingerprint density at radius 1 is 1.33 bits per heavy atom. The van der Waals surface area contributed by atoms with Crippen LogP contribution in [-0.4, -0.2) is 47.7 Å². The van der Waals surface area contributed by atoms with Crippen LogP contribution in [0.25, 0.3) is 0 Å². The number of nitrogens with zero attached hydrogens (tertiary/aromatic N) is 1. The fraction of sp³-hybridized carbons (Fsp3) is 0.500. The van der Waals surface area contributed by atoms with Crippen LogP contribution in [-0.2, 0) is 16.0 Å². The zero-order valence-corrected chi connectivity index (χ0v) is 11.8.